The van der Waals surface area contributed by atoms with E-state index in [0.717, 1.165) is 18.9 Å². The van der Waals surface area contributed by atoms with E-state index in [2.05, 4.69) is 15.8 Å². The van der Waals surface area contributed by atoms with Crippen molar-refractivity contribution in [1.82, 2.24) is 5.43 Å². The molecule has 2 aliphatic rings. The maximum atomic E-state index is 13.3. The Hall–Kier alpha value is -2.29. The van der Waals surface area contributed by atoms with Crippen molar-refractivity contribution in [1.29, 1.82) is 0 Å². The van der Waals surface area contributed by atoms with Crippen LogP contribution in [0.1, 0.15) is 24.0 Å². The number of anilines is 1. The van der Waals surface area contributed by atoms with Crippen LogP contribution in [0, 0.1) is 0 Å². The molecule has 9 heteroatoms. The fourth-order valence-corrected chi connectivity index (χ4v) is 2.60. The van der Waals surface area contributed by atoms with Gasteiger partial charge in [0.25, 0.3) is 0 Å². The number of nitrogens with one attached hydrogen (secondary N) is 2. The fourth-order valence-electron chi connectivity index (χ4n) is 2.60. The summed E-state index contributed by atoms with van der Waals surface area (Å²) in [6, 6.07) is 3.86. The van der Waals surface area contributed by atoms with Crippen molar-refractivity contribution >= 4 is 17.5 Å². The Balaban J connectivity index is 1.82. The molecule has 0 saturated carbocycles. The number of hydrogen-bond donors (Lipinski definition) is 2. The Morgan fingerprint density at radius 2 is 2.21 bits per heavy atom. The molecule has 1 amide bonds. The summed E-state index contributed by atoms with van der Waals surface area (Å²) in [6.45, 7) is 0.789. The van der Waals surface area contributed by atoms with Gasteiger partial charge in [0.2, 0.25) is 0 Å². The van der Waals surface area contributed by atoms with Gasteiger partial charge in [-0.05, 0) is 25.0 Å². The average Bonchev–Trinajstić information content (AvgIpc) is 3.06. The standard InChI is InChI=1S/C15H16F3N3O3/c16-15(17,18)11-6-9(13-8-24-14(22)21-20-13)3-4-12(11)19-7-10-2-1-5-23-10/h3-4,6,10,19H,1-2,5,7-8H2,(H,21,22)/t10-/m1/s1. The first kappa shape index (κ1) is 16.6. The number of cyclic esters (lactones) is 1. The molecule has 0 unspecified atom stereocenters. The molecule has 1 saturated heterocycles. The van der Waals surface area contributed by atoms with Crippen molar-refractivity contribution in [2.75, 3.05) is 25.1 Å². The Morgan fingerprint density at radius 3 is 2.83 bits per heavy atom. The van der Waals surface area contributed by atoms with Crippen LogP contribution in [0.4, 0.5) is 23.7 Å². The number of ether oxygens (including phenoxy) is 2. The number of nitrogens with zero attached hydrogens (tertiary/aromatic N) is 1. The molecule has 1 atom stereocenters. The lowest BCUT2D eigenvalue weighted by Gasteiger charge is -2.19. The van der Waals surface area contributed by atoms with Gasteiger partial charge in [-0.2, -0.15) is 18.3 Å². The summed E-state index contributed by atoms with van der Waals surface area (Å²) in [6.07, 6.45) is -3.57. The van der Waals surface area contributed by atoms with E-state index in [9.17, 15) is 18.0 Å². The third-order valence-electron chi connectivity index (χ3n) is 3.82. The summed E-state index contributed by atoms with van der Waals surface area (Å²) in [5, 5.41) is 6.54. The van der Waals surface area contributed by atoms with Gasteiger partial charge in [-0.25, -0.2) is 10.2 Å². The number of carbonyl (C=O) groups is 1. The van der Waals surface area contributed by atoms with E-state index >= 15 is 0 Å². The van der Waals surface area contributed by atoms with Crippen molar-refractivity contribution in [3.63, 3.8) is 0 Å². The van der Waals surface area contributed by atoms with Gasteiger partial charge in [0, 0.05) is 24.4 Å². The van der Waals surface area contributed by atoms with Crippen molar-refractivity contribution in [2.45, 2.75) is 25.1 Å². The second-order valence-corrected chi connectivity index (χ2v) is 5.52. The molecule has 0 aliphatic carbocycles. The third kappa shape index (κ3) is 3.78. The van der Waals surface area contributed by atoms with Gasteiger partial charge >= 0.3 is 12.3 Å². The summed E-state index contributed by atoms with van der Waals surface area (Å²) in [4.78, 5) is 10.9. The lowest BCUT2D eigenvalue weighted by atomic mass is 10.0. The van der Waals surface area contributed by atoms with Crippen molar-refractivity contribution < 1.29 is 27.4 Å². The van der Waals surface area contributed by atoms with Crippen molar-refractivity contribution in [2.24, 2.45) is 5.10 Å². The molecule has 0 bridgehead atoms. The molecule has 1 aromatic carbocycles. The van der Waals surface area contributed by atoms with E-state index < -0.39 is 17.8 Å². The van der Waals surface area contributed by atoms with Gasteiger partial charge in [0.15, 0.2) is 0 Å². The van der Waals surface area contributed by atoms with Crippen LogP contribution >= 0.6 is 0 Å². The molecule has 1 fully saturated rings. The van der Waals surface area contributed by atoms with Gasteiger partial charge in [-0.1, -0.05) is 6.07 Å². The number of hydrazone groups is 1. The maximum Gasteiger partial charge on any atom is 0.428 e. The Bertz CT molecular complexity index is 655. The lowest BCUT2D eigenvalue weighted by Crippen LogP contribution is -2.31. The maximum absolute atomic E-state index is 13.3. The smallest absolute Gasteiger partial charge is 0.428 e. The Kier molecular flexibility index (Phi) is 4.61. The van der Waals surface area contributed by atoms with E-state index in [1.54, 1.807) is 0 Å². The van der Waals surface area contributed by atoms with E-state index in [0.29, 0.717) is 13.2 Å². The second kappa shape index (κ2) is 6.68. The number of rotatable bonds is 4. The van der Waals surface area contributed by atoms with Crippen LogP contribution in [0.5, 0.6) is 0 Å². The molecule has 0 spiro atoms. The predicted octanol–water partition coefficient (Wildman–Crippen LogP) is 2.74. The van der Waals surface area contributed by atoms with Gasteiger partial charge in [-0.3, -0.25) is 0 Å². The number of amides is 1. The minimum Gasteiger partial charge on any atom is -0.442 e. The van der Waals surface area contributed by atoms with Crippen LogP contribution in [0.15, 0.2) is 23.3 Å². The van der Waals surface area contributed by atoms with Crippen LogP contribution in [0.2, 0.25) is 0 Å². The SMILES string of the molecule is O=C1NN=C(c2ccc(NC[C@H]3CCCO3)c(C(F)(F)F)c2)CO1. The largest absolute Gasteiger partial charge is 0.442 e. The molecule has 0 radical (unpaired) electrons. The van der Waals surface area contributed by atoms with E-state index in [4.69, 9.17) is 9.47 Å². The summed E-state index contributed by atoms with van der Waals surface area (Å²) in [5.41, 5.74) is 1.74. The van der Waals surface area contributed by atoms with Crippen LogP contribution in [0.25, 0.3) is 0 Å². The normalized spacial score (nSPS) is 21.0. The predicted molar refractivity (Wildman–Crippen MR) is 79.9 cm³/mol. The molecule has 2 aliphatic heterocycles. The van der Waals surface area contributed by atoms with Gasteiger partial charge < -0.3 is 14.8 Å². The number of carbonyl (C=O) groups excluding carboxylic acids is 1. The third-order valence-corrected chi connectivity index (χ3v) is 3.82. The minimum absolute atomic E-state index is 0.0110. The Morgan fingerprint density at radius 1 is 1.38 bits per heavy atom. The fraction of sp³-hybridized carbons (Fsp3) is 0.467. The van der Waals surface area contributed by atoms with Crippen molar-refractivity contribution in [3.05, 3.63) is 29.3 Å². The highest BCUT2D eigenvalue weighted by atomic mass is 19.4. The van der Waals surface area contributed by atoms with Crippen molar-refractivity contribution in [3.8, 4) is 0 Å². The highest BCUT2D eigenvalue weighted by Gasteiger charge is 2.34. The van der Waals surface area contributed by atoms with E-state index in [-0.39, 0.29) is 29.7 Å². The first-order valence-corrected chi connectivity index (χ1v) is 7.50. The Labute approximate surface area is 136 Å². The molecule has 0 aromatic heterocycles. The zero-order valence-corrected chi connectivity index (χ0v) is 12.7. The van der Waals surface area contributed by atoms with Crippen LogP contribution in [0.3, 0.4) is 0 Å². The zero-order chi connectivity index (χ0) is 17.2. The second-order valence-electron chi connectivity index (χ2n) is 5.52. The molecular formula is C15H16F3N3O3. The quantitative estimate of drug-likeness (QED) is 0.882. The van der Waals surface area contributed by atoms with Crippen LogP contribution < -0.4 is 10.7 Å². The summed E-state index contributed by atoms with van der Waals surface area (Å²) in [5.74, 6) is 0. The molecule has 130 valence electrons. The summed E-state index contributed by atoms with van der Waals surface area (Å²) < 4.78 is 50.2. The molecular weight excluding hydrogens is 327 g/mol. The number of benzene rings is 1. The molecule has 24 heavy (non-hydrogen) atoms. The zero-order valence-electron chi connectivity index (χ0n) is 12.7. The average molecular weight is 343 g/mol. The highest BCUT2D eigenvalue weighted by Crippen LogP contribution is 2.36. The topological polar surface area (TPSA) is 72.0 Å². The summed E-state index contributed by atoms with van der Waals surface area (Å²) in [7, 11) is 0. The van der Waals surface area contributed by atoms with Crippen LogP contribution in [-0.4, -0.2) is 37.7 Å². The van der Waals surface area contributed by atoms with Gasteiger partial charge in [0.05, 0.1) is 11.7 Å². The molecule has 6 nitrogen and oxygen atoms in total. The van der Waals surface area contributed by atoms with Gasteiger partial charge in [-0.15, -0.1) is 0 Å². The number of hydrogen-bond acceptors (Lipinski definition) is 5. The number of alkyl halides is 3. The lowest BCUT2D eigenvalue weighted by molar-refractivity contribution is -0.137. The molecule has 2 N–H and O–H groups in total. The van der Waals surface area contributed by atoms with Gasteiger partial charge in [0.1, 0.15) is 12.3 Å². The monoisotopic (exact) mass is 343 g/mol. The first-order valence-electron chi connectivity index (χ1n) is 7.50. The highest BCUT2D eigenvalue weighted by molar-refractivity contribution is 6.04. The van der Waals surface area contributed by atoms with E-state index in [1.165, 1.54) is 12.1 Å². The number of halogens is 3. The molecule has 1 aromatic rings. The summed E-state index contributed by atoms with van der Waals surface area (Å²) >= 11 is 0. The van der Waals surface area contributed by atoms with Crippen LogP contribution in [-0.2, 0) is 15.7 Å². The van der Waals surface area contributed by atoms with E-state index in [1.807, 2.05) is 0 Å². The molecule has 2 heterocycles. The molecule has 3 rings (SSSR count). The first-order chi connectivity index (χ1) is 11.4. The minimum atomic E-state index is -4.52.